The van der Waals surface area contributed by atoms with Crippen LogP contribution in [0, 0.1) is 0 Å². The van der Waals surface area contributed by atoms with Gasteiger partial charge in [-0.25, -0.2) is 4.98 Å². The zero-order valence-corrected chi connectivity index (χ0v) is 11.6. The van der Waals surface area contributed by atoms with Crippen LogP contribution in [0.2, 0.25) is 0 Å². The molecule has 2 aromatic heterocycles. The molecule has 2 unspecified atom stereocenters. The second kappa shape index (κ2) is 6.08. The molecule has 0 bridgehead atoms. The molecule has 1 amide bonds. The molecule has 0 aliphatic rings. The maximum absolute atomic E-state index is 12.1. The van der Waals surface area contributed by atoms with E-state index in [9.17, 15) is 4.79 Å². The number of thiazole rings is 1. The topological polar surface area (TPSA) is 68.0 Å². The van der Waals surface area contributed by atoms with Gasteiger partial charge < -0.3 is 11.1 Å². The van der Waals surface area contributed by atoms with Gasteiger partial charge in [0.2, 0.25) is 5.91 Å². The lowest BCUT2D eigenvalue weighted by molar-refractivity contribution is -0.123. The SMILES string of the molecule is CCC(NC(=O)C(N)c1cccs1)c1nccs1. The molecule has 2 heterocycles. The van der Waals surface area contributed by atoms with Gasteiger partial charge in [0.1, 0.15) is 11.0 Å². The molecule has 4 nitrogen and oxygen atoms in total. The van der Waals surface area contributed by atoms with Gasteiger partial charge in [0.05, 0.1) is 6.04 Å². The molecule has 0 fully saturated rings. The van der Waals surface area contributed by atoms with Crippen molar-refractivity contribution in [2.45, 2.75) is 25.4 Å². The third kappa shape index (κ3) is 2.95. The number of hydrogen-bond donors (Lipinski definition) is 2. The number of nitrogens with two attached hydrogens (primary N) is 1. The van der Waals surface area contributed by atoms with Crippen LogP contribution in [-0.4, -0.2) is 10.9 Å². The molecule has 0 aromatic carbocycles. The number of nitrogens with one attached hydrogen (secondary N) is 1. The number of thiophene rings is 1. The number of amides is 1. The van der Waals surface area contributed by atoms with Crippen molar-refractivity contribution >= 4 is 28.6 Å². The molecule has 0 saturated carbocycles. The molecule has 2 aromatic rings. The summed E-state index contributed by atoms with van der Waals surface area (Å²) >= 11 is 3.04. The number of aromatic nitrogens is 1. The van der Waals surface area contributed by atoms with Gasteiger partial charge in [-0.05, 0) is 17.9 Å². The minimum atomic E-state index is -0.598. The van der Waals surface area contributed by atoms with Gasteiger partial charge in [0.15, 0.2) is 0 Å². The van der Waals surface area contributed by atoms with Gasteiger partial charge in [-0.1, -0.05) is 13.0 Å². The summed E-state index contributed by atoms with van der Waals surface area (Å²) in [6.07, 6.45) is 2.55. The van der Waals surface area contributed by atoms with Crippen LogP contribution in [0.3, 0.4) is 0 Å². The van der Waals surface area contributed by atoms with E-state index in [1.807, 2.05) is 29.8 Å². The van der Waals surface area contributed by atoms with Gasteiger partial charge >= 0.3 is 0 Å². The third-order valence-corrected chi connectivity index (χ3v) is 4.45. The van der Waals surface area contributed by atoms with Crippen LogP contribution in [0.4, 0.5) is 0 Å². The highest BCUT2D eigenvalue weighted by Crippen LogP contribution is 2.21. The molecule has 96 valence electrons. The standard InChI is InChI=1S/C12H15N3OS2/c1-2-8(12-14-5-7-18-12)15-11(16)10(13)9-4-3-6-17-9/h3-8,10H,2,13H2,1H3,(H,15,16). The predicted molar refractivity (Wildman–Crippen MR) is 74.5 cm³/mol. The molecule has 6 heteroatoms. The van der Waals surface area contributed by atoms with Crippen molar-refractivity contribution in [1.29, 1.82) is 0 Å². The van der Waals surface area contributed by atoms with Crippen LogP contribution in [-0.2, 0) is 4.79 Å². The zero-order valence-electron chi connectivity index (χ0n) is 10.00. The first-order chi connectivity index (χ1) is 8.72. The Bertz CT molecular complexity index is 481. The highest BCUT2D eigenvalue weighted by Gasteiger charge is 2.21. The van der Waals surface area contributed by atoms with E-state index < -0.39 is 6.04 Å². The molecule has 0 aliphatic carbocycles. The summed E-state index contributed by atoms with van der Waals surface area (Å²) in [6, 6.07) is 3.12. The number of carbonyl (C=O) groups excluding carboxylic acids is 1. The van der Waals surface area contributed by atoms with Crippen LogP contribution in [0.15, 0.2) is 29.1 Å². The van der Waals surface area contributed by atoms with Crippen molar-refractivity contribution < 1.29 is 4.79 Å². The van der Waals surface area contributed by atoms with Crippen molar-refractivity contribution in [3.63, 3.8) is 0 Å². The molecular formula is C12H15N3OS2. The second-order valence-corrected chi connectivity index (χ2v) is 5.74. The lowest BCUT2D eigenvalue weighted by atomic mass is 10.2. The Balaban J connectivity index is 2.02. The summed E-state index contributed by atoms with van der Waals surface area (Å²) in [4.78, 5) is 17.2. The smallest absolute Gasteiger partial charge is 0.242 e. The maximum Gasteiger partial charge on any atom is 0.242 e. The van der Waals surface area contributed by atoms with E-state index in [1.54, 1.807) is 17.5 Å². The Labute approximate surface area is 114 Å². The lowest BCUT2D eigenvalue weighted by Crippen LogP contribution is -2.36. The Morgan fingerprint density at radius 3 is 2.89 bits per heavy atom. The predicted octanol–water partition coefficient (Wildman–Crippen LogP) is 2.47. The van der Waals surface area contributed by atoms with E-state index >= 15 is 0 Å². The summed E-state index contributed by atoms with van der Waals surface area (Å²) in [7, 11) is 0. The summed E-state index contributed by atoms with van der Waals surface area (Å²) < 4.78 is 0. The number of rotatable bonds is 5. The lowest BCUT2D eigenvalue weighted by Gasteiger charge is -2.17. The maximum atomic E-state index is 12.1. The highest BCUT2D eigenvalue weighted by atomic mass is 32.1. The fourth-order valence-corrected chi connectivity index (χ4v) is 3.10. The molecule has 0 aliphatic heterocycles. The van der Waals surface area contributed by atoms with E-state index in [0.29, 0.717) is 0 Å². The van der Waals surface area contributed by atoms with E-state index in [1.165, 1.54) is 11.3 Å². The van der Waals surface area contributed by atoms with Gasteiger partial charge in [0, 0.05) is 16.5 Å². The second-order valence-electron chi connectivity index (χ2n) is 3.83. The van der Waals surface area contributed by atoms with Gasteiger partial charge in [0.25, 0.3) is 0 Å². The molecule has 0 spiro atoms. The van der Waals surface area contributed by atoms with Crippen LogP contribution in [0.1, 0.15) is 35.3 Å². The van der Waals surface area contributed by atoms with Crippen LogP contribution in [0.5, 0.6) is 0 Å². The quantitative estimate of drug-likeness (QED) is 0.884. The Morgan fingerprint density at radius 1 is 1.50 bits per heavy atom. The molecule has 18 heavy (non-hydrogen) atoms. The van der Waals surface area contributed by atoms with E-state index in [0.717, 1.165) is 16.3 Å². The van der Waals surface area contributed by atoms with Gasteiger partial charge in [-0.3, -0.25) is 4.79 Å². The number of nitrogens with zero attached hydrogens (tertiary/aromatic N) is 1. The van der Waals surface area contributed by atoms with E-state index in [4.69, 9.17) is 5.73 Å². The minimum Gasteiger partial charge on any atom is -0.345 e. The molecule has 2 atom stereocenters. The minimum absolute atomic E-state index is 0.0523. The largest absolute Gasteiger partial charge is 0.345 e. The molecule has 2 rings (SSSR count). The van der Waals surface area contributed by atoms with Crippen LogP contribution >= 0.6 is 22.7 Å². The fraction of sp³-hybridized carbons (Fsp3) is 0.333. The van der Waals surface area contributed by atoms with Crippen molar-refractivity contribution in [2.24, 2.45) is 5.73 Å². The van der Waals surface area contributed by atoms with Gasteiger partial charge in [-0.2, -0.15) is 0 Å². The van der Waals surface area contributed by atoms with Crippen LogP contribution < -0.4 is 11.1 Å². The summed E-state index contributed by atoms with van der Waals surface area (Å²) in [6.45, 7) is 2.02. The monoisotopic (exact) mass is 281 g/mol. The Kier molecular flexibility index (Phi) is 4.46. The van der Waals surface area contributed by atoms with Crippen LogP contribution in [0.25, 0.3) is 0 Å². The van der Waals surface area contributed by atoms with Gasteiger partial charge in [-0.15, -0.1) is 22.7 Å². The fourth-order valence-electron chi connectivity index (χ4n) is 1.60. The summed E-state index contributed by atoms with van der Waals surface area (Å²) in [5, 5.41) is 7.69. The first kappa shape index (κ1) is 13.2. The highest BCUT2D eigenvalue weighted by molar-refractivity contribution is 7.10. The van der Waals surface area contributed by atoms with Crippen molar-refractivity contribution in [2.75, 3.05) is 0 Å². The van der Waals surface area contributed by atoms with E-state index in [-0.39, 0.29) is 11.9 Å². The molecule has 3 N–H and O–H groups in total. The first-order valence-corrected chi connectivity index (χ1v) is 7.47. The van der Waals surface area contributed by atoms with Crippen molar-refractivity contribution in [3.05, 3.63) is 39.0 Å². The Morgan fingerprint density at radius 2 is 2.33 bits per heavy atom. The summed E-state index contributed by atoms with van der Waals surface area (Å²) in [5.74, 6) is -0.153. The molecule has 0 saturated heterocycles. The number of carbonyl (C=O) groups is 1. The average molecular weight is 281 g/mol. The Hall–Kier alpha value is -1.24. The molecule has 0 radical (unpaired) electrons. The normalized spacial score (nSPS) is 14.1. The van der Waals surface area contributed by atoms with Crippen molar-refractivity contribution in [3.8, 4) is 0 Å². The first-order valence-electron chi connectivity index (χ1n) is 5.71. The zero-order chi connectivity index (χ0) is 13.0. The number of hydrogen-bond acceptors (Lipinski definition) is 5. The molecular weight excluding hydrogens is 266 g/mol. The average Bonchev–Trinajstić information content (AvgIpc) is 3.06. The summed E-state index contributed by atoms with van der Waals surface area (Å²) in [5.41, 5.74) is 5.92. The van der Waals surface area contributed by atoms with E-state index in [2.05, 4.69) is 10.3 Å². The van der Waals surface area contributed by atoms with Crippen molar-refractivity contribution in [1.82, 2.24) is 10.3 Å². The third-order valence-electron chi connectivity index (χ3n) is 2.61.